The highest BCUT2D eigenvalue weighted by Gasteiger charge is 2.40. The summed E-state index contributed by atoms with van der Waals surface area (Å²) in [5.74, 6) is -0.431. The van der Waals surface area contributed by atoms with Gasteiger partial charge in [0.25, 0.3) is 0 Å². The quantitative estimate of drug-likeness (QED) is 0.156. The van der Waals surface area contributed by atoms with Gasteiger partial charge in [-0.25, -0.2) is 4.79 Å². The second-order valence-electron chi connectivity index (χ2n) is 11.7. The second kappa shape index (κ2) is 15.2. The number of carbonyl (C=O) groups excluding carboxylic acids is 1. The first-order valence-electron chi connectivity index (χ1n) is 13.5. The molecular formula is C28H54N2O3. The predicted octanol–water partition coefficient (Wildman–Crippen LogP) is 6.00. The summed E-state index contributed by atoms with van der Waals surface area (Å²) in [6, 6.07) is 0.404. The van der Waals surface area contributed by atoms with Crippen molar-refractivity contribution in [3.63, 3.8) is 0 Å². The largest absolute Gasteiger partial charge is 0.460 e. The van der Waals surface area contributed by atoms with Crippen LogP contribution in [0.25, 0.3) is 0 Å². The van der Waals surface area contributed by atoms with Gasteiger partial charge in [-0.1, -0.05) is 71.3 Å². The number of hydrogen-bond acceptors (Lipinski definition) is 5. The summed E-state index contributed by atoms with van der Waals surface area (Å²) in [6.07, 6.45) is 14.6. The van der Waals surface area contributed by atoms with Crippen LogP contribution in [0, 0.1) is 0 Å². The smallest absolute Gasteiger partial charge is 0.333 e. The van der Waals surface area contributed by atoms with E-state index < -0.39 is 12.1 Å². The average molecular weight is 467 g/mol. The molecule has 0 aromatic heterocycles. The molecule has 5 heteroatoms. The monoisotopic (exact) mass is 466 g/mol. The molecule has 1 saturated heterocycles. The van der Waals surface area contributed by atoms with E-state index in [4.69, 9.17) is 4.74 Å². The molecule has 194 valence electrons. The molecule has 0 saturated carbocycles. The number of nitrogens with one attached hydrogen (secondary N) is 1. The lowest BCUT2D eigenvalue weighted by atomic mass is 9.79. The van der Waals surface area contributed by atoms with Crippen LogP contribution in [0.2, 0.25) is 0 Å². The Morgan fingerprint density at radius 1 is 1.00 bits per heavy atom. The second-order valence-corrected chi connectivity index (χ2v) is 11.7. The van der Waals surface area contributed by atoms with Crippen LogP contribution in [0.15, 0.2) is 12.2 Å². The highest BCUT2D eigenvalue weighted by atomic mass is 16.5. The van der Waals surface area contributed by atoms with Crippen molar-refractivity contribution in [1.29, 1.82) is 0 Å². The van der Waals surface area contributed by atoms with E-state index in [0.717, 1.165) is 25.8 Å². The molecule has 0 aromatic rings. The third-order valence-electron chi connectivity index (χ3n) is 6.68. The van der Waals surface area contributed by atoms with Gasteiger partial charge in [-0.05, 0) is 60.4 Å². The van der Waals surface area contributed by atoms with Crippen molar-refractivity contribution < 1.29 is 14.6 Å². The van der Waals surface area contributed by atoms with Gasteiger partial charge in [-0.15, -0.1) is 0 Å². The van der Waals surface area contributed by atoms with Gasteiger partial charge in [0.15, 0.2) is 0 Å². The molecule has 0 bridgehead atoms. The van der Waals surface area contributed by atoms with E-state index in [9.17, 15) is 9.90 Å². The number of aliphatic hydroxyl groups excluding tert-OH is 1. The topological polar surface area (TPSA) is 61.8 Å². The van der Waals surface area contributed by atoms with Crippen LogP contribution < -0.4 is 5.32 Å². The molecule has 0 spiro atoms. The number of ether oxygens (including phenoxy) is 1. The Morgan fingerprint density at radius 2 is 1.48 bits per heavy atom. The van der Waals surface area contributed by atoms with Gasteiger partial charge in [0.1, 0.15) is 12.7 Å². The molecule has 1 heterocycles. The van der Waals surface area contributed by atoms with E-state index in [1.54, 1.807) is 6.92 Å². The lowest BCUT2D eigenvalue weighted by Crippen LogP contribution is -2.62. The summed E-state index contributed by atoms with van der Waals surface area (Å²) in [7, 11) is 0. The van der Waals surface area contributed by atoms with Crippen molar-refractivity contribution in [2.24, 2.45) is 0 Å². The minimum absolute atomic E-state index is 0.0258. The van der Waals surface area contributed by atoms with E-state index >= 15 is 0 Å². The van der Waals surface area contributed by atoms with Gasteiger partial charge in [0.05, 0.1) is 0 Å². The Kier molecular flexibility index (Phi) is 13.8. The molecule has 0 aliphatic carbocycles. The number of nitrogens with zero attached hydrogens (tertiary/aromatic N) is 1. The number of unbranched alkanes of at least 4 members (excludes halogenated alkanes) is 9. The number of hydrogen-bond donors (Lipinski definition) is 2. The highest BCUT2D eigenvalue weighted by Crippen LogP contribution is 2.32. The molecule has 1 aliphatic heterocycles. The Balaban J connectivity index is 2.54. The summed E-state index contributed by atoms with van der Waals surface area (Å²) in [5.41, 5.74) is 0.478. The summed E-state index contributed by atoms with van der Waals surface area (Å²) in [5, 5.41) is 14.4. The van der Waals surface area contributed by atoms with E-state index in [-0.39, 0.29) is 17.7 Å². The minimum atomic E-state index is -0.683. The number of rotatable bonds is 17. The third-order valence-corrected chi connectivity index (χ3v) is 6.68. The summed E-state index contributed by atoms with van der Waals surface area (Å²) in [6.45, 7) is 18.1. The molecule has 0 radical (unpaired) electrons. The molecule has 1 atom stereocenters. The fourth-order valence-corrected chi connectivity index (χ4v) is 5.37. The van der Waals surface area contributed by atoms with Crippen molar-refractivity contribution in [3.8, 4) is 0 Å². The van der Waals surface area contributed by atoms with Crippen LogP contribution in [-0.2, 0) is 9.53 Å². The number of carbonyl (C=O) groups is 1. The van der Waals surface area contributed by atoms with Gasteiger partial charge >= 0.3 is 5.97 Å². The van der Waals surface area contributed by atoms with Gasteiger partial charge in [0, 0.05) is 29.2 Å². The Hall–Kier alpha value is -0.910. The molecule has 1 aliphatic rings. The van der Waals surface area contributed by atoms with Crippen LogP contribution in [0.3, 0.4) is 0 Å². The molecule has 2 N–H and O–H groups in total. The van der Waals surface area contributed by atoms with Crippen molar-refractivity contribution in [2.45, 2.75) is 142 Å². The van der Waals surface area contributed by atoms with Gasteiger partial charge in [0.2, 0.25) is 0 Å². The zero-order valence-electron chi connectivity index (χ0n) is 22.7. The maximum absolute atomic E-state index is 11.7. The highest BCUT2D eigenvalue weighted by molar-refractivity contribution is 5.86. The fraction of sp³-hybridized carbons (Fsp3) is 0.893. The minimum Gasteiger partial charge on any atom is -0.460 e. The van der Waals surface area contributed by atoms with E-state index in [1.807, 2.05) is 0 Å². The van der Waals surface area contributed by atoms with E-state index in [1.165, 1.54) is 57.8 Å². The zero-order chi connectivity index (χ0) is 24.9. The predicted molar refractivity (Wildman–Crippen MR) is 140 cm³/mol. The number of esters is 1. The molecule has 0 amide bonds. The number of aliphatic hydroxyl groups is 1. The van der Waals surface area contributed by atoms with Crippen LogP contribution in [0.5, 0.6) is 0 Å². The van der Waals surface area contributed by atoms with Gasteiger partial charge < -0.3 is 15.2 Å². The Labute approximate surface area is 204 Å². The van der Waals surface area contributed by atoms with Crippen molar-refractivity contribution in [1.82, 2.24) is 10.2 Å². The number of piperidine rings is 1. The molecule has 5 nitrogen and oxygen atoms in total. The molecular weight excluding hydrogens is 412 g/mol. The van der Waals surface area contributed by atoms with E-state index in [2.05, 4.69) is 51.4 Å². The zero-order valence-corrected chi connectivity index (χ0v) is 22.7. The summed E-state index contributed by atoms with van der Waals surface area (Å²) >= 11 is 0. The standard InChI is InChI=1S/C28H54N2O3/c1-8-9-10-11-12-13-14-15-16-17-18-30(21-25(31)22-33-26(32)23(2)3)24-19-27(4,5)29-28(6,7)20-24/h24-25,29,31H,2,8-22H2,1,3-7H3. The van der Waals surface area contributed by atoms with E-state index in [0.29, 0.717) is 18.2 Å². The third kappa shape index (κ3) is 13.5. The maximum Gasteiger partial charge on any atom is 0.333 e. The van der Waals surface area contributed by atoms with Crippen molar-refractivity contribution in [2.75, 3.05) is 19.7 Å². The maximum atomic E-state index is 11.7. The van der Waals surface area contributed by atoms with Crippen LogP contribution in [0.4, 0.5) is 0 Å². The first kappa shape index (κ1) is 30.1. The Morgan fingerprint density at radius 3 is 1.97 bits per heavy atom. The van der Waals surface area contributed by atoms with Crippen LogP contribution in [-0.4, -0.2) is 58.9 Å². The van der Waals surface area contributed by atoms with Gasteiger partial charge in [-0.2, -0.15) is 0 Å². The molecule has 1 fully saturated rings. The van der Waals surface area contributed by atoms with Crippen molar-refractivity contribution in [3.05, 3.63) is 12.2 Å². The van der Waals surface area contributed by atoms with Crippen molar-refractivity contribution >= 4 is 5.97 Å². The van der Waals surface area contributed by atoms with Gasteiger partial charge in [-0.3, -0.25) is 4.90 Å². The lowest BCUT2D eigenvalue weighted by Gasteiger charge is -2.50. The van der Waals surface area contributed by atoms with Crippen LogP contribution >= 0.6 is 0 Å². The molecule has 0 aromatic carbocycles. The molecule has 1 unspecified atom stereocenters. The first-order chi connectivity index (χ1) is 15.5. The normalized spacial score (nSPS) is 18.9. The lowest BCUT2D eigenvalue weighted by molar-refractivity contribution is -0.142. The summed E-state index contributed by atoms with van der Waals surface area (Å²) in [4.78, 5) is 14.2. The first-order valence-corrected chi connectivity index (χ1v) is 13.5. The SMILES string of the molecule is C=C(C)C(=O)OCC(O)CN(CCCCCCCCCCCC)C1CC(C)(C)NC(C)(C)C1. The fourth-order valence-electron chi connectivity index (χ4n) is 5.37. The van der Waals surface area contributed by atoms with Crippen LogP contribution in [0.1, 0.15) is 119 Å². The summed E-state index contributed by atoms with van der Waals surface area (Å²) < 4.78 is 5.21. The molecule has 1 rings (SSSR count). The Bertz CT molecular complexity index is 557. The average Bonchev–Trinajstić information content (AvgIpc) is 2.70. The molecule has 33 heavy (non-hydrogen) atoms.